The second kappa shape index (κ2) is 6.79. The minimum Gasteiger partial charge on any atom is -0.383 e. The monoisotopic (exact) mass is 201 g/mol. The first-order valence-corrected chi connectivity index (χ1v) is 5.16. The maximum atomic E-state index is 11.4. The Balaban J connectivity index is 2.06. The second-order valence-corrected chi connectivity index (χ2v) is 3.60. The van der Waals surface area contributed by atoms with Crippen molar-refractivity contribution in [2.24, 2.45) is 5.92 Å². The van der Waals surface area contributed by atoms with Crippen LogP contribution in [0, 0.1) is 5.92 Å². The summed E-state index contributed by atoms with van der Waals surface area (Å²) in [7, 11) is 1.63. The summed E-state index contributed by atoms with van der Waals surface area (Å²) in [5, 5.41) is 2.83. The van der Waals surface area contributed by atoms with Gasteiger partial charge >= 0.3 is 0 Å². The molecular weight excluding hydrogens is 182 g/mol. The van der Waals surface area contributed by atoms with E-state index in [1.807, 2.05) is 0 Å². The molecule has 1 rings (SSSR count). The number of carbonyl (C=O) groups excluding carboxylic acids is 1. The van der Waals surface area contributed by atoms with E-state index in [0.717, 1.165) is 26.1 Å². The van der Waals surface area contributed by atoms with Gasteiger partial charge in [0, 0.05) is 33.3 Å². The van der Waals surface area contributed by atoms with E-state index in [-0.39, 0.29) is 5.91 Å². The highest BCUT2D eigenvalue weighted by Crippen LogP contribution is 2.17. The minimum atomic E-state index is 0.133. The molecule has 4 heteroatoms. The van der Waals surface area contributed by atoms with Crippen molar-refractivity contribution in [1.29, 1.82) is 0 Å². The topological polar surface area (TPSA) is 47.6 Å². The van der Waals surface area contributed by atoms with E-state index in [1.54, 1.807) is 7.11 Å². The first-order valence-electron chi connectivity index (χ1n) is 5.16. The van der Waals surface area contributed by atoms with Crippen molar-refractivity contribution in [2.75, 3.05) is 33.5 Å². The van der Waals surface area contributed by atoms with Crippen molar-refractivity contribution in [2.45, 2.75) is 19.3 Å². The average molecular weight is 201 g/mol. The highest BCUT2D eigenvalue weighted by Gasteiger charge is 2.16. The molecule has 1 fully saturated rings. The summed E-state index contributed by atoms with van der Waals surface area (Å²) in [5.74, 6) is 0.639. The number of amides is 1. The van der Waals surface area contributed by atoms with Gasteiger partial charge in [0.2, 0.25) is 5.91 Å². The van der Waals surface area contributed by atoms with Gasteiger partial charge in [-0.25, -0.2) is 0 Å². The largest absolute Gasteiger partial charge is 0.383 e. The average Bonchev–Trinajstić information content (AvgIpc) is 2.20. The van der Waals surface area contributed by atoms with E-state index in [2.05, 4.69) is 5.32 Å². The van der Waals surface area contributed by atoms with Crippen molar-refractivity contribution in [1.82, 2.24) is 5.32 Å². The fourth-order valence-electron chi connectivity index (χ4n) is 1.58. The molecule has 0 bridgehead atoms. The van der Waals surface area contributed by atoms with Crippen LogP contribution in [-0.2, 0) is 14.3 Å². The van der Waals surface area contributed by atoms with Crippen molar-refractivity contribution < 1.29 is 14.3 Å². The van der Waals surface area contributed by atoms with Crippen molar-refractivity contribution in [3.8, 4) is 0 Å². The molecule has 1 amide bonds. The highest BCUT2D eigenvalue weighted by molar-refractivity contribution is 5.76. The maximum Gasteiger partial charge on any atom is 0.220 e. The van der Waals surface area contributed by atoms with Gasteiger partial charge in [0.15, 0.2) is 0 Å². The summed E-state index contributed by atoms with van der Waals surface area (Å²) in [6, 6.07) is 0. The van der Waals surface area contributed by atoms with Crippen LogP contribution < -0.4 is 5.32 Å². The van der Waals surface area contributed by atoms with E-state index < -0.39 is 0 Å². The Hall–Kier alpha value is -0.610. The summed E-state index contributed by atoms with van der Waals surface area (Å²) in [6.07, 6.45) is 2.66. The zero-order valence-electron chi connectivity index (χ0n) is 8.75. The molecule has 0 spiro atoms. The van der Waals surface area contributed by atoms with Gasteiger partial charge in [-0.3, -0.25) is 4.79 Å². The number of ether oxygens (including phenoxy) is 2. The third-order valence-corrected chi connectivity index (χ3v) is 2.44. The van der Waals surface area contributed by atoms with Gasteiger partial charge in [0.1, 0.15) is 0 Å². The fraction of sp³-hybridized carbons (Fsp3) is 0.900. The standard InChI is InChI=1S/C10H19NO3/c1-13-7-4-11-10(12)8-9-2-5-14-6-3-9/h9H,2-8H2,1H3,(H,11,12). The lowest BCUT2D eigenvalue weighted by molar-refractivity contribution is -0.122. The van der Waals surface area contributed by atoms with E-state index in [1.165, 1.54) is 0 Å². The summed E-state index contributed by atoms with van der Waals surface area (Å²) in [6.45, 7) is 2.80. The molecule has 1 N–H and O–H groups in total. The fourth-order valence-corrected chi connectivity index (χ4v) is 1.58. The van der Waals surface area contributed by atoms with Crippen LogP contribution in [0.4, 0.5) is 0 Å². The number of rotatable bonds is 5. The molecule has 82 valence electrons. The van der Waals surface area contributed by atoms with Crippen molar-refractivity contribution in [3.05, 3.63) is 0 Å². The number of nitrogens with one attached hydrogen (secondary N) is 1. The summed E-state index contributed by atoms with van der Waals surface area (Å²) in [5.41, 5.74) is 0. The Bertz CT molecular complexity index is 167. The molecular formula is C10H19NO3. The quantitative estimate of drug-likeness (QED) is 0.661. The molecule has 1 saturated heterocycles. The number of hydrogen-bond acceptors (Lipinski definition) is 3. The molecule has 4 nitrogen and oxygen atoms in total. The van der Waals surface area contributed by atoms with E-state index in [9.17, 15) is 4.79 Å². The molecule has 0 aromatic heterocycles. The van der Waals surface area contributed by atoms with Crippen LogP contribution in [0.15, 0.2) is 0 Å². The number of carbonyl (C=O) groups is 1. The van der Waals surface area contributed by atoms with Gasteiger partial charge in [0.25, 0.3) is 0 Å². The van der Waals surface area contributed by atoms with Crippen LogP contribution >= 0.6 is 0 Å². The smallest absolute Gasteiger partial charge is 0.220 e. The molecule has 1 heterocycles. The van der Waals surface area contributed by atoms with Crippen molar-refractivity contribution in [3.63, 3.8) is 0 Å². The number of methoxy groups -OCH3 is 1. The Morgan fingerprint density at radius 2 is 2.21 bits per heavy atom. The minimum absolute atomic E-state index is 0.133. The van der Waals surface area contributed by atoms with Crippen LogP contribution in [0.1, 0.15) is 19.3 Å². The normalized spacial score (nSPS) is 18.1. The second-order valence-electron chi connectivity index (χ2n) is 3.60. The van der Waals surface area contributed by atoms with E-state index >= 15 is 0 Å². The van der Waals surface area contributed by atoms with E-state index in [4.69, 9.17) is 9.47 Å². The first kappa shape index (κ1) is 11.5. The van der Waals surface area contributed by atoms with Crippen LogP contribution in [-0.4, -0.2) is 39.4 Å². The van der Waals surface area contributed by atoms with Gasteiger partial charge in [-0.05, 0) is 18.8 Å². The van der Waals surface area contributed by atoms with Gasteiger partial charge in [0.05, 0.1) is 6.61 Å². The van der Waals surface area contributed by atoms with Gasteiger partial charge in [-0.2, -0.15) is 0 Å². The number of hydrogen-bond donors (Lipinski definition) is 1. The summed E-state index contributed by atoms with van der Waals surface area (Å²) >= 11 is 0. The molecule has 1 aliphatic rings. The molecule has 0 unspecified atom stereocenters. The lowest BCUT2D eigenvalue weighted by Gasteiger charge is -2.21. The maximum absolute atomic E-state index is 11.4. The zero-order chi connectivity index (χ0) is 10.2. The Labute approximate surface area is 85.0 Å². The predicted octanol–water partition coefficient (Wildman–Crippen LogP) is 0.566. The summed E-state index contributed by atoms with van der Waals surface area (Å²) in [4.78, 5) is 11.4. The van der Waals surface area contributed by atoms with Crippen LogP contribution in [0.25, 0.3) is 0 Å². The third-order valence-electron chi connectivity index (χ3n) is 2.44. The Kier molecular flexibility index (Phi) is 5.56. The third kappa shape index (κ3) is 4.58. The SMILES string of the molecule is COCCNC(=O)CC1CCOCC1. The van der Waals surface area contributed by atoms with Gasteiger partial charge in [-0.1, -0.05) is 0 Å². The van der Waals surface area contributed by atoms with Crippen molar-refractivity contribution >= 4 is 5.91 Å². The molecule has 1 aliphatic heterocycles. The molecule has 0 aromatic carbocycles. The lowest BCUT2D eigenvalue weighted by atomic mass is 9.96. The predicted molar refractivity (Wildman–Crippen MR) is 53.0 cm³/mol. The van der Waals surface area contributed by atoms with Crippen LogP contribution in [0.3, 0.4) is 0 Å². The zero-order valence-corrected chi connectivity index (χ0v) is 8.75. The molecule has 0 aliphatic carbocycles. The lowest BCUT2D eigenvalue weighted by Crippen LogP contribution is -2.30. The van der Waals surface area contributed by atoms with Crippen LogP contribution in [0.5, 0.6) is 0 Å². The van der Waals surface area contributed by atoms with Gasteiger partial charge in [-0.15, -0.1) is 0 Å². The van der Waals surface area contributed by atoms with Crippen LogP contribution in [0.2, 0.25) is 0 Å². The molecule has 0 saturated carbocycles. The molecule has 0 aromatic rings. The molecule has 0 atom stereocenters. The highest BCUT2D eigenvalue weighted by atomic mass is 16.5. The van der Waals surface area contributed by atoms with E-state index in [0.29, 0.717) is 25.5 Å². The molecule has 14 heavy (non-hydrogen) atoms. The molecule has 0 radical (unpaired) electrons. The summed E-state index contributed by atoms with van der Waals surface area (Å²) < 4.78 is 10.1. The Morgan fingerprint density at radius 1 is 1.50 bits per heavy atom. The Morgan fingerprint density at radius 3 is 2.86 bits per heavy atom. The first-order chi connectivity index (χ1) is 6.83. The van der Waals surface area contributed by atoms with Gasteiger partial charge < -0.3 is 14.8 Å².